The lowest BCUT2D eigenvalue weighted by molar-refractivity contribution is -0.116. The third-order valence-corrected chi connectivity index (χ3v) is 5.50. The molecule has 4 aromatic rings. The quantitative estimate of drug-likeness (QED) is 0.486. The minimum Gasteiger partial charge on any atom is -0.323 e. The molecule has 0 aliphatic heterocycles. The van der Waals surface area contributed by atoms with Gasteiger partial charge in [-0.15, -0.1) is 0 Å². The van der Waals surface area contributed by atoms with Gasteiger partial charge in [0.2, 0.25) is 5.91 Å². The van der Waals surface area contributed by atoms with Crippen LogP contribution < -0.4 is 5.32 Å². The van der Waals surface area contributed by atoms with Gasteiger partial charge in [-0.25, -0.2) is 0 Å². The summed E-state index contributed by atoms with van der Waals surface area (Å²) in [6.07, 6.45) is 5.63. The lowest BCUT2D eigenvalue weighted by atomic mass is 10.0. The zero-order valence-electron chi connectivity index (χ0n) is 15.5. The van der Waals surface area contributed by atoms with E-state index in [-0.39, 0.29) is 5.91 Å². The Morgan fingerprint density at radius 1 is 1.11 bits per heavy atom. The van der Waals surface area contributed by atoms with Gasteiger partial charge in [-0.2, -0.15) is 10.2 Å². The third kappa shape index (κ3) is 3.99. The number of carbonyl (C=O) groups excluding carboxylic acids is 1. The number of carbonyl (C=O) groups is 1. The number of halogens is 1. The lowest BCUT2D eigenvalue weighted by Gasteiger charge is -2.07. The molecule has 6 nitrogen and oxygen atoms in total. The first-order valence-electron chi connectivity index (χ1n) is 9.07. The van der Waals surface area contributed by atoms with Crippen molar-refractivity contribution >= 4 is 38.3 Å². The molecule has 0 bridgehead atoms. The Kier molecular flexibility index (Phi) is 5.25. The standard InChI is InChI=1S/C21H20BrN5O/c1-15-20(22)12-24-27(15)10-9-21(28)25-18-11-23-26(14-18)13-17-7-4-6-16-5-2-3-8-19(16)17/h2-8,11-12,14H,9-10,13H2,1H3,(H,25,28). The van der Waals surface area contributed by atoms with Crippen LogP contribution in [0.1, 0.15) is 17.7 Å². The van der Waals surface area contributed by atoms with Crippen molar-refractivity contribution in [2.45, 2.75) is 26.4 Å². The Hall–Kier alpha value is -2.93. The predicted octanol–water partition coefficient (Wildman–Crippen LogP) is 4.38. The van der Waals surface area contributed by atoms with Gasteiger partial charge in [-0.3, -0.25) is 14.2 Å². The highest BCUT2D eigenvalue weighted by Crippen LogP contribution is 2.20. The number of fused-ring (bicyclic) bond motifs is 1. The molecule has 1 amide bonds. The largest absolute Gasteiger partial charge is 0.323 e. The highest BCUT2D eigenvalue weighted by Gasteiger charge is 2.09. The summed E-state index contributed by atoms with van der Waals surface area (Å²) in [5.74, 6) is -0.0595. The Balaban J connectivity index is 1.39. The molecule has 0 aliphatic rings. The van der Waals surface area contributed by atoms with Crippen molar-refractivity contribution in [3.05, 3.63) is 76.8 Å². The molecule has 0 saturated heterocycles. The molecule has 0 atom stereocenters. The average molecular weight is 438 g/mol. The maximum absolute atomic E-state index is 12.2. The van der Waals surface area contributed by atoms with Crippen molar-refractivity contribution in [1.82, 2.24) is 19.6 Å². The van der Waals surface area contributed by atoms with E-state index >= 15 is 0 Å². The fourth-order valence-electron chi connectivity index (χ4n) is 3.20. The highest BCUT2D eigenvalue weighted by atomic mass is 79.9. The topological polar surface area (TPSA) is 64.7 Å². The van der Waals surface area contributed by atoms with E-state index in [0.717, 1.165) is 10.2 Å². The highest BCUT2D eigenvalue weighted by molar-refractivity contribution is 9.10. The van der Waals surface area contributed by atoms with E-state index in [2.05, 4.69) is 61.8 Å². The molecule has 0 aliphatic carbocycles. The van der Waals surface area contributed by atoms with Crippen LogP contribution in [0.2, 0.25) is 0 Å². The van der Waals surface area contributed by atoms with E-state index in [1.165, 1.54) is 16.3 Å². The van der Waals surface area contributed by atoms with Gasteiger partial charge < -0.3 is 5.32 Å². The number of aryl methyl sites for hydroxylation is 1. The molecule has 1 N–H and O–H groups in total. The van der Waals surface area contributed by atoms with Crippen molar-refractivity contribution in [1.29, 1.82) is 0 Å². The van der Waals surface area contributed by atoms with Crippen LogP contribution in [0.15, 0.2) is 65.5 Å². The van der Waals surface area contributed by atoms with E-state index in [4.69, 9.17) is 0 Å². The number of nitrogens with zero attached hydrogens (tertiary/aromatic N) is 4. The van der Waals surface area contributed by atoms with Gasteiger partial charge in [-0.05, 0) is 39.2 Å². The molecule has 0 fully saturated rings. The fourth-order valence-corrected chi connectivity index (χ4v) is 3.50. The summed E-state index contributed by atoms with van der Waals surface area (Å²) in [5, 5.41) is 14.0. The average Bonchev–Trinajstić information content (AvgIpc) is 3.27. The number of rotatable bonds is 6. The Labute approximate surface area is 171 Å². The fraction of sp³-hybridized carbons (Fsp3) is 0.190. The number of amides is 1. The van der Waals surface area contributed by atoms with Crippen LogP contribution in [-0.4, -0.2) is 25.5 Å². The molecule has 0 radical (unpaired) electrons. The molecular formula is C21H20BrN5O. The van der Waals surface area contributed by atoms with Crippen LogP contribution in [-0.2, 0) is 17.9 Å². The van der Waals surface area contributed by atoms with Gasteiger partial charge in [0.25, 0.3) is 0 Å². The number of hydrogen-bond donors (Lipinski definition) is 1. The predicted molar refractivity (Wildman–Crippen MR) is 113 cm³/mol. The van der Waals surface area contributed by atoms with Gasteiger partial charge in [0.15, 0.2) is 0 Å². The maximum Gasteiger partial charge on any atom is 0.226 e. The van der Waals surface area contributed by atoms with E-state index in [0.29, 0.717) is 25.2 Å². The summed E-state index contributed by atoms with van der Waals surface area (Å²) in [7, 11) is 0. The molecule has 7 heteroatoms. The Bertz CT molecular complexity index is 1130. The number of hydrogen-bond acceptors (Lipinski definition) is 3. The first-order chi connectivity index (χ1) is 13.6. The minimum absolute atomic E-state index is 0.0595. The lowest BCUT2D eigenvalue weighted by Crippen LogP contribution is -2.15. The molecule has 4 rings (SSSR count). The van der Waals surface area contributed by atoms with E-state index in [1.807, 2.05) is 34.6 Å². The van der Waals surface area contributed by atoms with E-state index < -0.39 is 0 Å². The zero-order chi connectivity index (χ0) is 19.5. The second-order valence-corrected chi connectivity index (χ2v) is 7.52. The molecule has 2 aromatic carbocycles. The van der Waals surface area contributed by atoms with E-state index in [9.17, 15) is 4.79 Å². The minimum atomic E-state index is -0.0595. The molecule has 0 unspecified atom stereocenters. The summed E-state index contributed by atoms with van der Waals surface area (Å²) < 4.78 is 4.60. The van der Waals surface area contributed by atoms with Crippen molar-refractivity contribution in [2.75, 3.05) is 5.32 Å². The number of aromatic nitrogens is 4. The molecule has 2 heterocycles. The number of anilines is 1. The summed E-state index contributed by atoms with van der Waals surface area (Å²) in [6.45, 7) is 3.15. The number of benzene rings is 2. The molecule has 0 spiro atoms. The van der Waals surface area contributed by atoms with Crippen LogP contribution >= 0.6 is 15.9 Å². The van der Waals surface area contributed by atoms with Crippen LogP contribution in [0.3, 0.4) is 0 Å². The van der Waals surface area contributed by atoms with Crippen LogP contribution in [0, 0.1) is 6.92 Å². The molecule has 28 heavy (non-hydrogen) atoms. The summed E-state index contributed by atoms with van der Waals surface area (Å²) in [5.41, 5.74) is 2.90. The SMILES string of the molecule is Cc1c(Br)cnn1CCC(=O)Nc1cnn(Cc2cccc3ccccc23)c1. The zero-order valence-corrected chi connectivity index (χ0v) is 17.1. The Morgan fingerprint density at radius 3 is 2.75 bits per heavy atom. The van der Waals surface area contributed by atoms with Gasteiger partial charge in [-0.1, -0.05) is 42.5 Å². The first-order valence-corrected chi connectivity index (χ1v) is 9.86. The second kappa shape index (κ2) is 7.98. The van der Waals surface area contributed by atoms with Crippen molar-refractivity contribution in [3.63, 3.8) is 0 Å². The smallest absolute Gasteiger partial charge is 0.226 e. The summed E-state index contributed by atoms with van der Waals surface area (Å²) >= 11 is 3.43. The van der Waals surface area contributed by atoms with Crippen molar-refractivity contribution in [2.24, 2.45) is 0 Å². The first kappa shape index (κ1) is 18.4. The van der Waals surface area contributed by atoms with Crippen LogP contribution in [0.4, 0.5) is 5.69 Å². The third-order valence-electron chi connectivity index (χ3n) is 4.72. The maximum atomic E-state index is 12.2. The van der Waals surface area contributed by atoms with Crippen LogP contribution in [0.5, 0.6) is 0 Å². The molecule has 0 saturated carbocycles. The molecular weight excluding hydrogens is 418 g/mol. The monoisotopic (exact) mass is 437 g/mol. The van der Waals surface area contributed by atoms with Crippen molar-refractivity contribution < 1.29 is 4.79 Å². The van der Waals surface area contributed by atoms with Crippen molar-refractivity contribution in [3.8, 4) is 0 Å². The normalized spacial score (nSPS) is 11.1. The summed E-state index contributed by atoms with van der Waals surface area (Å²) in [4.78, 5) is 12.2. The van der Waals surface area contributed by atoms with E-state index in [1.54, 1.807) is 12.4 Å². The van der Waals surface area contributed by atoms with Gasteiger partial charge in [0.05, 0.1) is 35.6 Å². The molecule has 142 valence electrons. The Morgan fingerprint density at radius 2 is 1.93 bits per heavy atom. The van der Waals surface area contributed by atoms with Gasteiger partial charge in [0, 0.05) is 18.3 Å². The summed E-state index contributed by atoms with van der Waals surface area (Å²) in [6, 6.07) is 14.6. The van der Waals surface area contributed by atoms with Gasteiger partial charge >= 0.3 is 0 Å². The van der Waals surface area contributed by atoms with Gasteiger partial charge in [0.1, 0.15) is 0 Å². The molecule has 2 aromatic heterocycles. The second-order valence-electron chi connectivity index (χ2n) is 6.66. The number of nitrogens with one attached hydrogen (secondary N) is 1. The van der Waals surface area contributed by atoms with Crippen LogP contribution in [0.25, 0.3) is 10.8 Å².